The maximum atomic E-state index is 12.1. The van der Waals surface area contributed by atoms with Crippen LogP contribution in [0.1, 0.15) is 26.5 Å². The number of imidazole rings is 1. The van der Waals surface area contributed by atoms with Crippen LogP contribution in [0.3, 0.4) is 0 Å². The number of aliphatic hydroxyl groups excluding tert-OH is 2. The standard InChI is InChI=1S/C16H25N7O8S/c1-3-6(2)8(17)13(26)22-32(28,29)30-4-7-10(24)11(25)15(31-7)23-5-19-9-12(23)20-16(18)21-14(9)27/h5-8,10-11,15,24-25H,3-4,17H2,1-2H3,(H,22,26)(H3,18,20,21,27)/t6-,7+,8-,10+,11+,15+/m0/s1. The highest BCUT2D eigenvalue weighted by Crippen LogP contribution is 2.31. The van der Waals surface area contributed by atoms with Crippen LogP contribution in [0.5, 0.6) is 0 Å². The van der Waals surface area contributed by atoms with Gasteiger partial charge in [-0.15, -0.1) is 0 Å². The van der Waals surface area contributed by atoms with Crippen molar-refractivity contribution in [1.29, 1.82) is 0 Å². The fourth-order valence-electron chi connectivity index (χ4n) is 3.12. The quantitative estimate of drug-likeness (QED) is 0.225. The summed E-state index contributed by atoms with van der Waals surface area (Å²) in [6.07, 6.45) is -3.96. The van der Waals surface area contributed by atoms with Gasteiger partial charge in [0.15, 0.2) is 17.4 Å². The lowest BCUT2D eigenvalue weighted by Crippen LogP contribution is -2.47. The molecule has 2 aromatic rings. The van der Waals surface area contributed by atoms with Crippen LogP contribution in [-0.2, 0) is 24.0 Å². The first-order valence-electron chi connectivity index (χ1n) is 9.65. The number of carbonyl (C=O) groups excluding carboxylic acids is 1. The molecule has 1 aliphatic heterocycles. The van der Waals surface area contributed by atoms with Crippen LogP contribution in [0.2, 0.25) is 0 Å². The van der Waals surface area contributed by atoms with E-state index in [0.717, 1.165) is 6.33 Å². The number of aliphatic hydroxyl groups is 2. The Morgan fingerprint density at radius 3 is 2.78 bits per heavy atom. The van der Waals surface area contributed by atoms with Gasteiger partial charge in [-0.2, -0.15) is 13.4 Å². The van der Waals surface area contributed by atoms with Crippen LogP contribution >= 0.6 is 0 Å². The Bertz CT molecular complexity index is 1150. The monoisotopic (exact) mass is 475 g/mol. The van der Waals surface area contributed by atoms with Crippen molar-refractivity contribution < 1.29 is 32.3 Å². The Morgan fingerprint density at radius 1 is 1.44 bits per heavy atom. The van der Waals surface area contributed by atoms with Crippen molar-refractivity contribution in [3.05, 3.63) is 16.7 Å². The van der Waals surface area contributed by atoms with Crippen molar-refractivity contribution in [1.82, 2.24) is 24.2 Å². The van der Waals surface area contributed by atoms with E-state index in [-0.39, 0.29) is 23.0 Å². The number of fused-ring (bicyclic) bond motifs is 1. The molecular weight excluding hydrogens is 450 g/mol. The molecule has 0 unspecified atom stereocenters. The zero-order valence-electron chi connectivity index (χ0n) is 17.2. The minimum Gasteiger partial charge on any atom is -0.387 e. The first-order valence-corrected chi connectivity index (χ1v) is 11.1. The van der Waals surface area contributed by atoms with Gasteiger partial charge in [0, 0.05) is 0 Å². The van der Waals surface area contributed by atoms with Gasteiger partial charge in [0.1, 0.15) is 18.3 Å². The molecular formula is C16H25N7O8S. The molecule has 3 heterocycles. The zero-order valence-corrected chi connectivity index (χ0v) is 18.0. The Kier molecular flexibility index (Phi) is 6.82. The Morgan fingerprint density at radius 2 is 2.12 bits per heavy atom. The van der Waals surface area contributed by atoms with Crippen molar-refractivity contribution in [2.24, 2.45) is 11.7 Å². The van der Waals surface area contributed by atoms with Crippen LogP contribution in [0.4, 0.5) is 5.95 Å². The average Bonchev–Trinajstić information content (AvgIpc) is 3.26. The third-order valence-electron chi connectivity index (χ3n) is 5.23. The fourth-order valence-corrected chi connectivity index (χ4v) is 3.87. The average molecular weight is 475 g/mol. The highest BCUT2D eigenvalue weighted by molar-refractivity contribution is 7.85. The van der Waals surface area contributed by atoms with Crippen molar-refractivity contribution in [3.63, 3.8) is 0 Å². The summed E-state index contributed by atoms with van der Waals surface area (Å²) in [6.45, 7) is 2.77. The number of H-pyrrole nitrogens is 1. The second-order valence-electron chi connectivity index (χ2n) is 7.44. The van der Waals surface area contributed by atoms with E-state index in [4.69, 9.17) is 20.4 Å². The number of hydrogen-bond donors (Lipinski definition) is 6. The molecule has 0 spiro atoms. The molecule has 3 rings (SSSR count). The number of nitrogens with zero attached hydrogens (tertiary/aromatic N) is 3. The smallest absolute Gasteiger partial charge is 0.362 e. The summed E-state index contributed by atoms with van der Waals surface area (Å²) >= 11 is 0. The van der Waals surface area contributed by atoms with Crippen LogP contribution in [0.15, 0.2) is 11.1 Å². The molecule has 1 aliphatic rings. The largest absolute Gasteiger partial charge is 0.387 e. The molecule has 32 heavy (non-hydrogen) atoms. The first kappa shape index (κ1) is 24.0. The summed E-state index contributed by atoms with van der Waals surface area (Å²) in [5.41, 5.74) is 10.5. The number of aromatic amines is 1. The van der Waals surface area contributed by atoms with Gasteiger partial charge in [-0.05, 0) is 5.92 Å². The molecule has 0 radical (unpaired) electrons. The first-order chi connectivity index (χ1) is 14.9. The molecule has 2 aromatic heterocycles. The number of nitrogens with one attached hydrogen (secondary N) is 2. The SMILES string of the molecule is CC[C@H](C)[C@H](N)C(=O)NS(=O)(=O)OC[C@H]1O[C@@H](n2cnc3c(=O)[nH]c(N)nc32)[C@H](O)[C@@H]1O. The molecule has 0 bridgehead atoms. The number of amides is 1. The number of nitrogens with two attached hydrogens (primary N) is 2. The predicted molar refractivity (Wildman–Crippen MR) is 109 cm³/mol. The summed E-state index contributed by atoms with van der Waals surface area (Å²) in [6, 6.07) is -1.06. The highest BCUT2D eigenvalue weighted by Gasteiger charge is 2.45. The molecule has 1 amide bonds. The van der Waals surface area contributed by atoms with Crippen LogP contribution in [0, 0.1) is 5.92 Å². The van der Waals surface area contributed by atoms with E-state index in [0.29, 0.717) is 6.42 Å². The van der Waals surface area contributed by atoms with Crippen molar-refractivity contribution >= 4 is 33.3 Å². The van der Waals surface area contributed by atoms with Crippen molar-refractivity contribution in [2.45, 2.75) is 50.8 Å². The summed E-state index contributed by atoms with van der Waals surface area (Å²) in [5.74, 6) is -1.40. The highest BCUT2D eigenvalue weighted by atomic mass is 32.2. The Hall–Kier alpha value is -2.63. The summed E-state index contributed by atoms with van der Waals surface area (Å²) in [5, 5.41) is 20.6. The number of hydrogen-bond acceptors (Lipinski definition) is 12. The summed E-state index contributed by atoms with van der Waals surface area (Å²) in [7, 11) is -4.56. The maximum absolute atomic E-state index is 12.1. The summed E-state index contributed by atoms with van der Waals surface area (Å²) < 4.78 is 37.3. The zero-order chi connectivity index (χ0) is 23.8. The molecule has 6 atom stereocenters. The van der Waals surface area contributed by atoms with Gasteiger partial charge in [-0.25, -0.2) is 9.71 Å². The summed E-state index contributed by atoms with van der Waals surface area (Å²) in [4.78, 5) is 34.0. The number of rotatable bonds is 8. The maximum Gasteiger partial charge on any atom is 0.362 e. The molecule has 1 saturated heterocycles. The molecule has 0 aliphatic carbocycles. The van der Waals surface area contributed by atoms with Crippen molar-refractivity contribution in [2.75, 3.05) is 12.3 Å². The number of aromatic nitrogens is 4. The lowest BCUT2D eigenvalue weighted by atomic mass is 10.00. The van der Waals surface area contributed by atoms with Crippen LogP contribution in [0.25, 0.3) is 11.2 Å². The topological polar surface area (TPSA) is 238 Å². The molecule has 1 fully saturated rings. The lowest BCUT2D eigenvalue weighted by Gasteiger charge is -2.18. The van der Waals surface area contributed by atoms with E-state index < -0.39 is 59.0 Å². The number of carbonyl (C=O) groups is 1. The fraction of sp³-hybridized carbons (Fsp3) is 0.625. The minimum atomic E-state index is -4.56. The second kappa shape index (κ2) is 9.08. The van der Waals surface area contributed by atoms with Gasteiger partial charge in [-0.3, -0.25) is 23.3 Å². The van der Waals surface area contributed by atoms with Crippen LogP contribution < -0.4 is 21.7 Å². The third-order valence-corrected chi connectivity index (χ3v) is 6.13. The Balaban J connectivity index is 1.70. The van der Waals surface area contributed by atoms with Crippen molar-refractivity contribution in [3.8, 4) is 0 Å². The molecule has 178 valence electrons. The third kappa shape index (κ3) is 4.74. The number of nitrogen functional groups attached to an aromatic ring is 1. The minimum absolute atomic E-state index is 0.0111. The van der Waals surface area contributed by atoms with E-state index in [2.05, 4.69) is 15.0 Å². The van der Waals surface area contributed by atoms with Crippen LogP contribution in [-0.4, -0.2) is 75.0 Å². The van der Waals surface area contributed by atoms with E-state index in [1.54, 1.807) is 18.6 Å². The number of anilines is 1. The van der Waals surface area contributed by atoms with Gasteiger partial charge in [0.2, 0.25) is 5.95 Å². The second-order valence-corrected chi connectivity index (χ2v) is 8.79. The van der Waals surface area contributed by atoms with E-state index in [1.165, 1.54) is 4.57 Å². The van der Waals surface area contributed by atoms with Gasteiger partial charge >= 0.3 is 10.3 Å². The molecule has 15 nitrogen and oxygen atoms in total. The normalized spacial score (nSPS) is 25.7. The lowest BCUT2D eigenvalue weighted by molar-refractivity contribution is -0.121. The van der Waals surface area contributed by atoms with E-state index in [1.807, 2.05) is 0 Å². The Labute approximate surface area is 182 Å². The van der Waals surface area contributed by atoms with Gasteiger partial charge in [-0.1, -0.05) is 20.3 Å². The molecule has 16 heteroatoms. The molecule has 0 saturated carbocycles. The number of ether oxygens (including phenoxy) is 1. The predicted octanol–water partition coefficient (Wildman–Crippen LogP) is -2.93. The van der Waals surface area contributed by atoms with Gasteiger partial charge < -0.3 is 26.4 Å². The van der Waals surface area contributed by atoms with Gasteiger partial charge in [0.05, 0.1) is 19.0 Å². The van der Waals surface area contributed by atoms with E-state index >= 15 is 0 Å². The molecule has 8 N–H and O–H groups in total. The van der Waals surface area contributed by atoms with E-state index in [9.17, 15) is 28.2 Å². The molecule has 0 aromatic carbocycles. The van der Waals surface area contributed by atoms with Gasteiger partial charge in [0.25, 0.3) is 11.5 Å².